The van der Waals surface area contributed by atoms with Crippen molar-refractivity contribution in [2.75, 3.05) is 5.32 Å². The Morgan fingerprint density at radius 1 is 1.12 bits per heavy atom. The maximum Gasteiger partial charge on any atom is 0.264 e. The summed E-state index contributed by atoms with van der Waals surface area (Å²) in [4.78, 5) is 30.7. The fourth-order valence-electron chi connectivity index (χ4n) is 2.09. The average Bonchev–Trinajstić information content (AvgIpc) is 2.58. The molecule has 25 heavy (non-hydrogen) atoms. The minimum absolute atomic E-state index is 0.243. The fourth-order valence-corrected chi connectivity index (χ4v) is 2.22. The van der Waals surface area contributed by atoms with Crippen LogP contribution in [0.1, 0.15) is 10.4 Å². The van der Waals surface area contributed by atoms with Crippen molar-refractivity contribution in [2.45, 2.75) is 0 Å². The molecule has 5 nitrogen and oxygen atoms in total. The molecule has 0 saturated heterocycles. The van der Waals surface area contributed by atoms with Crippen LogP contribution >= 0.6 is 11.6 Å². The number of aromatic nitrogens is 2. The third kappa shape index (κ3) is 3.72. The molecule has 0 saturated carbocycles. The topological polar surface area (TPSA) is 74.8 Å². The average molecular weight is 362 g/mol. The molecule has 0 aliphatic carbocycles. The van der Waals surface area contributed by atoms with Crippen molar-refractivity contribution in [2.24, 2.45) is 0 Å². The summed E-state index contributed by atoms with van der Waals surface area (Å²) in [6, 6.07) is 9.27. The van der Waals surface area contributed by atoms with Gasteiger partial charge in [-0.05, 0) is 36.4 Å². The lowest BCUT2D eigenvalue weighted by molar-refractivity contribution is 0.102. The summed E-state index contributed by atoms with van der Waals surface area (Å²) in [5, 5.41) is 2.73. The molecule has 0 bridgehead atoms. The first kappa shape index (κ1) is 16.8. The number of amides is 1. The van der Waals surface area contributed by atoms with Gasteiger partial charge >= 0.3 is 0 Å². The molecule has 0 fully saturated rings. The van der Waals surface area contributed by atoms with Crippen molar-refractivity contribution >= 4 is 23.2 Å². The molecule has 2 aromatic carbocycles. The minimum atomic E-state index is -0.949. The summed E-state index contributed by atoms with van der Waals surface area (Å²) >= 11 is 5.80. The number of hydrogen-bond donors (Lipinski definition) is 2. The van der Waals surface area contributed by atoms with E-state index in [1.54, 1.807) is 24.3 Å². The van der Waals surface area contributed by atoms with Crippen molar-refractivity contribution in [1.82, 2.24) is 9.97 Å². The van der Waals surface area contributed by atoms with Gasteiger partial charge in [-0.1, -0.05) is 11.6 Å². The second-order valence-electron chi connectivity index (χ2n) is 5.06. The second kappa shape index (κ2) is 6.82. The highest BCUT2D eigenvalue weighted by atomic mass is 35.5. The third-order valence-electron chi connectivity index (χ3n) is 3.34. The first-order valence-electron chi connectivity index (χ1n) is 7.06. The standard InChI is InChI=1S/C17H10ClF2N3O2/c18-10-3-1-9(2-4-10)15-21-8-12(17(25)23-15)16(24)22-14-6-5-11(19)7-13(14)20/h1-8H,(H,22,24)(H,21,23,25). The Bertz CT molecular complexity index is 1000. The molecule has 0 aliphatic rings. The minimum Gasteiger partial charge on any atom is -0.319 e. The number of carbonyl (C=O) groups excluding carboxylic acids is 1. The Labute approximate surface area is 145 Å². The molecule has 0 spiro atoms. The molecule has 3 rings (SSSR count). The lowest BCUT2D eigenvalue weighted by atomic mass is 10.2. The van der Waals surface area contributed by atoms with Crippen molar-refractivity contribution in [3.8, 4) is 11.4 Å². The van der Waals surface area contributed by atoms with Crippen molar-refractivity contribution < 1.29 is 13.6 Å². The molecule has 1 aromatic heterocycles. The largest absolute Gasteiger partial charge is 0.319 e. The number of benzene rings is 2. The zero-order valence-corrected chi connectivity index (χ0v) is 13.3. The monoisotopic (exact) mass is 361 g/mol. The van der Waals surface area contributed by atoms with Crippen molar-refractivity contribution in [3.63, 3.8) is 0 Å². The SMILES string of the molecule is O=C(Nc1ccc(F)cc1F)c1cnc(-c2ccc(Cl)cc2)[nH]c1=O. The van der Waals surface area contributed by atoms with Crippen LogP contribution in [-0.4, -0.2) is 15.9 Å². The summed E-state index contributed by atoms with van der Waals surface area (Å²) in [6.07, 6.45) is 1.08. The van der Waals surface area contributed by atoms with E-state index in [1.165, 1.54) is 0 Å². The lowest BCUT2D eigenvalue weighted by Gasteiger charge is -2.07. The van der Waals surface area contributed by atoms with Gasteiger partial charge in [0.05, 0.1) is 5.69 Å². The number of hydrogen-bond acceptors (Lipinski definition) is 3. The van der Waals surface area contributed by atoms with Gasteiger partial charge in [0.25, 0.3) is 11.5 Å². The van der Waals surface area contributed by atoms with E-state index in [1.807, 2.05) is 0 Å². The number of anilines is 1. The number of nitrogens with one attached hydrogen (secondary N) is 2. The summed E-state index contributed by atoms with van der Waals surface area (Å²) in [7, 11) is 0. The van der Waals surface area contributed by atoms with Gasteiger partial charge in [0, 0.05) is 22.8 Å². The molecule has 1 amide bonds. The number of halogens is 3. The van der Waals surface area contributed by atoms with Gasteiger partial charge < -0.3 is 10.3 Å². The van der Waals surface area contributed by atoms with E-state index >= 15 is 0 Å². The van der Waals surface area contributed by atoms with Gasteiger partial charge in [0.1, 0.15) is 23.0 Å². The van der Waals surface area contributed by atoms with Crippen LogP contribution in [0.5, 0.6) is 0 Å². The van der Waals surface area contributed by atoms with Gasteiger partial charge in [-0.15, -0.1) is 0 Å². The quantitative estimate of drug-likeness (QED) is 0.748. The van der Waals surface area contributed by atoms with Crippen LogP contribution < -0.4 is 10.9 Å². The molecule has 126 valence electrons. The van der Waals surface area contributed by atoms with E-state index in [-0.39, 0.29) is 17.1 Å². The van der Waals surface area contributed by atoms with Crippen LogP contribution in [0.25, 0.3) is 11.4 Å². The molecule has 1 heterocycles. The number of carbonyl (C=O) groups is 1. The number of nitrogens with zero attached hydrogens (tertiary/aromatic N) is 1. The third-order valence-corrected chi connectivity index (χ3v) is 3.59. The Morgan fingerprint density at radius 3 is 2.48 bits per heavy atom. The molecule has 8 heteroatoms. The van der Waals surface area contributed by atoms with E-state index in [4.69, 9.17) is 11.6 Å². The molecule has 0 aliphatic heterocycles. The van der Waals surface area contributed by atoms with E-state index in [9.17, 15) is 18.4 Å². The highest BCUT2D eigenvalue weighted by molar-refractivity contribution is 6.30. The zero-order chi connectivity index (χ0) is 18.0. The predicted molar refractivity (Wildman–Crippen MR) is 89.6 cm³/mol. The smallest absolute Gasteiger partial charge is 0.264 e. The summed E-state index contributed by atoms with van der Waals surface area (Å²) in [5.74, 6) is -2.33. The normalized spacial score (nSPS) is 10.5. The van der Waals surface area contributed by atoms with Crippen LogP contribution in [0.3, 0.4) is 0 Å². The van der Waals surface area contributed by atoms with Crippen LogP contribution in [-0.2, 0) is 0 Å². The number of aromatic amines is 1. The van der Waals surface area contributed by atoms with Crippen LogP contribution in [0.4, 0.5) is 14.5 Å². The molecule has 0 radical (unpaired) electrons. The van der Waals surface area contributed by atoms with Gasteiger partial charge in [0.2, 0.25) is 0 Å². The Hall–Kier alpha value is -3.06. The first-order chi connectivity index (χ1) is 11.9. The molecule has 0 atom stereocenters. The number of H-pyrrole nitrogens is 1. The van der Waals surface area contributed by atoms with E-state index in [0.29, 0.717) is 16.7 Å². The van der Waals surface area contributed by atoms with E-state index in [2.05, 4.69) is 15.3 Å². The van der Waals surface area contributed by atoms with Crippen molar-refractivity contribution in [1.29, 1.82) is 0 Å². The fraction of sp³-hybridized carbons (Fsp3) is 0. The molecule has 2 N–H and O–H groups in total. The highest BCUT2D eigenvalue weighted by Crippen LogP contribution is 2.18. The zero-order valence-electron chi connectivity index (χ0n) is 12.5. The maximum absolute atomic E-state index is 13.6. The summed E-state index contributed by atoms with van der Waals surface area (Å²) < 4.78 is 26.5. The Kier molecular flexibility index (Phi) is 4.58. The Balaban J connectivity index is 1.86. The molecule has 3 aromatic rings. The van der Waals surface area contributed by atoms with Crippen LogP contribution in [0.15, 0.2) is 53.5 Å². The predicted octanol–water partition coefficient (Wildman–Crippen LogP) is 3.62. The Morgan fingerprint density at radius 2 is 1.84 bits per heavy atom. The van der Waals surface area contributed by atoms with Gasteiger partial charge in [-0.2, -0.15) is 0 Å². The molecular formula is C17H10ClF2N3O2. The van der Waals surface area contributed by atoms with Gasteiger partial charge in [-0.25, -0.2) is 13.8 Å². The lowest BCUT2D eigenvalue weighted by Crippen LogP contribution is -2.24. The second-order valence-corrected chi connectivity index (χ2v) is 5.50. The molecule has 0 unspecified atom stereocenters. The van der Waals surface area contributed by atoms with Crippen molar-refractivity contribution in [3.05, 3.63) is 81.2 Å². The van der Waals surface area contributed by atoms with Gasteiger partial charge in [0.15, 0.2) is 0 Å². The highest BCUT2D eigenvalue weighted by Gasteiger charge is 2.15. The van der Waals surface area contributed by atoms with Crippen LogP contribution in [0.2, 0.25) is 5.02 Å². The van der Waals surface area contributed by atoms with E-state index < -0.39 is 23.1 Å². The summed E-state index contributed by atoms with van der Waals surface area (Å²) in [5.41, 5.74) is -0.632. The number of rotatable bonds is 3. The van der Waals surface area contributed by atoms with Gasteiger partial charge in [-0.3, -0.25) is 9.59 Å². The van der Waals surface area contributed by atoms with E-state index in [0.717, 1.165) is 18.3 Å². The molecular weight excluding hydrogens is 352 g/mol. The summed E-state index contributed by atoms with van der Waals surface area (Å²) in [6.45, 7) is 0. The maximum atomic E-state index is 13.6. The van der Waals surface area contributed by atoms with Crippen LogP contribution in [0, 0.1) is 11.6 Å². The first-order valence-corrected chi connectivity index (χ1v) is 7.43.